The van der Waals surface area contributed by atoms with Crippen LogP contribution in [0.5, 0.6) is 11.5 Å². The first-order valence-corrected chi connectivity index (χ1v) is 10.7. The molecule has 0 atom stereocenters. The van der Waals surface area contributed by atoms with E-state index < -0.39 is 11.2 Å². The summed E-state index contributed by atoms with van der Waals surface area (Å²) in [6.45, 7) is 0. The summed E-state index contributed by atoms with van der Waals surface area (Å²) in [6.07, 6.45) is 0. The van der Waals surface area contributed by atoms with Gasteiger partial charge in [-0.2, -0.15) is 0 Å². The Balaban J connectivity index is 1.65. The summed E-state index contributed by atoms with van der Waals surface area (Å²) in [4.78, 5) is 29.4. The van der Waals surface area contributed by atoms with Crippen molar-refractivity contribution in [3.8, 4) is 39.4 Å². The number of H-pyrrole nitrogens is 1. The van der Waals surface area contributed by atoms with E-state index in [2.05, 4.69) is 4.98 Å². The molecule has 0 spiro atoms. The SMILES string of the molecule is COc1cccc(-n2c(=O)[nH]c3scc(-c4ccc(-c5ccccc5O)cc4)c3c2=O)c1. The van der Waals surface area contributed by atoms with Crippen molar-refractivity contribution in [2.24, 2.45) is 0 Å². The fraction of sp³-hybridized carbons (Fsp3) is 0.0400. The Morgan fingerprint density at radius 2 is 1.62 bits per heavy atom. The number of nitrogens with zero attached hydrogens (tertiary/aromatic N) is 1. The molecule has 7 heteroatoms. The van der Waals surface area contributed by atoms with Crippen LogP contribution in [0.25, 0.3) is 38.2 Å². The van der Waals surface area contributed by atoms with Gasteiger partial charge in [-0.05, 0) is 29.3 Å². The Kier molecular flexibility index (Phi) is 4.88. The molecule has 0 aliphatic heterocycles. The van der Waals surface area contributed by atoms with Crippen molar-refractivity contribution in [1.29, 1.82) is 0 Å². The summed E-state index contributed by atoms with van der Waals surface area (Å²) >= 11 is 1.32. The predicted octanol–water partition coefficient (Wildman–Crippen LogP) is 4.79. The Morgan fingerprint density at radius 3 is 2.34 bits per heavy atom. The first kappa shape index (κ1) is 19.8. The van der Waals surface area contributed by atoms with Gasteiger partial charge in [0.15, 0.2) is 0 Å². The number of rotatable bonds is 4. The first-order chi connectivity index (χ1) is 15.6. The zero-order chi connectivity index (χ0) is 22.2. The van der Waals surface area contributed by atoms with Crippen molar-refractivity contribution in [1.82, 2.24) is 9.55 Å². The molecule has 0 saturated carbocycles. The van der Waals surface area contributed by atoms with Crippen LogP contribution in [-0.2, 0) is 0 Å². The number of hydrogen-bond acceptors (Lipinski definition) is 5. The summed E-state index contributed by atoms with van der Waals surface area (Å²) in [5.41, 5.74) is 2.73. The molecular weight excluding hydrogens is 424 g/mol. The lowest BCUT2D eigenvalue weighted by atomic mass is 10.00. The van der Waals surface area contributed by atoms with E-state index >= 15 is 0 Å². The summed E-state index contributed by atoms with van der Waals surface area (Å²) in [5, 5.41) is 12.4. The van der Waals surface area contributed by atoms with Gasteiger partial charge in [-0.15, -0.1) is 11.3 Å². The number of aromatic nitrogens is 2. The third kappa shape index (κ3) is 3.29. The zero-order valence-electron chi connectivity index (χ0n) is 17.0. The van der Waals surface area contributed by atoms with E-state index in [1.54, 1.807) is 36.4 Å². The molecule has 0 radical (unpaired) electrons. The van der Waals surface area contributed by atoms with Gasteiger partial charge in [-0.3, -0.25) is 9.78 Å². The number of hydrogen-bond donors (Lipinski definition) is 2. The Morgan fingerprint density at radius 1 is 0.906 bits per heavy atom. The van der Waals surface area contributed by atoms with E-state index in [4.69, 9.17) is 4.74 Å². The summed E-state index contributed by atoms with van der Waals surface area (Å²) < 4.78 is 6.36. The van der Waals surface area contributed by atoms with E-state index in [0.29, 0.717) is 21.7 Å². The standard InChI is InChI=1S/C25H18N2O4S/c1-31-18-6-4-5-17(13-18)27-24(29)22-20(14-32-23(22)26-25(27)30)16-11-9-15(10-12-16)19-7-2-3-8-21(19)28/h2-14,28H,1H3,(H,26,30). The second-order valence-corrected chi connectivity index (χ2v) is 8.10. The lowest BCUT2D eigenvalue weighted by Gasteiger charge is -2.08. The fourth-order valence-electron chi connectivity index (χ4n) is 3.76. The second-order valence-electron chi connectivity index (χ2n) is 7.22. The molecule has 6 nitrogen and oxygen atoms in total. The number of ether oxygens (including phenoxy) is 1. The normalized spacial score (nSPS) is 11.0. The molecule has 32 heavy (non-hydrogen) atoms. The smallest absolute Gasteiger partial charge is 0.334 e. The molecule has 2 N–H and O–H groups in total. The molecule has 0 aliphatic carbocycles. The van der Waals surface area contributed by atoms with Gasteiger partial charge in [-0.1, -0.05) is 48.5 Å². The lowest BCUT2D eigenvalue weighted by molar-refractivity contribution is 0.414. The Hall–Kier alpha value is -4.10. The van der Waals surface area contributed by atoms with Gasteiger partial charge in [0.1, 0.15) is 16.3 Å². The van der Waals surface area contributed by atoms with Crippen LogP contribution in [0.15, 0.2) is 87.8 Å². The number of aromatic amines is 1. The summed E-state index contributed by atoms with van der Waals surface area (Å²) in [6, 6.07) is 21.6. The molecule has 0 saturated heterocycles. The Bertz CT molecular complexity index is 1560. The predicted molar refractivity (Wildman–Crippen MR) is 127 cm³/mol. The molecule has 0 fully saturated rings. The number of aromatic hydroxyl groups is 1. The maximum absolute atomic E-state index is 13.4. The third-order valence-corrected chi connectivity index (χ3v) is 6.25. The summed E-state index contributed by atoms with van der Waals surface area (Å²) in [5.74, 6) is 0.763. The van der Waals surface area contributed by atoms with Gasteiger partial charge < -0.3 is 9.84 Å². The molecule has 3 aromatic carbocycles. The van der Waals surface area contributed by atoms with E-state index in [0.717, 1.165) is 26.8 Å². The van der Waals surface area contributed by atoms with Crippen LogP contribution in [0.4, 0.5) is 0 Å². The molecule has 5 aromatic rings. The molecule has 0 amide bonds. The number of methoxy groups -OCH3 is 1. The molecular formula is C25H18N2O4S. The second kappa shape index (κ2) is 7.86. The number of phenolic OH excluding ortho intramolecular Hbond substituents is 1. The van der Waals surface area contributed by atoms with Crippen molar-refractivity contribution in [3.05, 3.63) is 99.0 Å². The van der Waals surface area contributed by atoms with Crippen molar-refractivity contribution in [3.63, 3.8) is 0 Å². The highest BCUT2D eigenvalue weighted by molar-refractivity contribution is 7.17. The zero-order valence-corrected chi connectivity index (χ0v) is 17.8. The van der Waals surface area contributed by atoms with E-state index in [1.807, 2.05) is 41.8 Å². The van der Waals surface area contributed by atoms with Crippen LogP contribution in [0.1, 0.15) is 0 Å². The van der Waals surface area contributed by atoms with E-state index in [9.17, 15) is 14.7 Å². The van der Waals surface area contributed by atoms with Gasteiger partial charge >= 0.3 is 5.69 Å². The van der Waals surface area contributed by atoms with Gasteiger partial charge in [0.25, 0.3) is 5.56 Å². The maximum atomic E-state index is 13.4. The van der Waals surface area contributed by atoms with E-state index in [-0.39, 0.29) is 5.75 Å². The number of phenols is 1. The summed E-state index contributed by atoms with van der Waals surface area (Å²) in [7, 11) is 1.53. The molecule has 2 aromatic heterocycles. The highest BCUT2D eigenvalue weighted by Gasteiger charge is 2.16. The molecule has 5 rings (SSSR count). The van der Waals surface area contributed by atoms with Crippen molar-refractivity contribution >= 4 is 21.6 Å². The molecule has 0 aliphatic rings. The molecule has 2 heterocycles. The average Bonchev–Trinajstić information content (AvgIpc) is 3.24. The average molecular weight is 442 g/mol. The van der Waals surface area contributed by atoms with Gasteiger partial charge in [0.2, 0.25) is 0 Å². The maximum Gasteiger partial charge on any atom is 0.334 e. The largest absolute Gasteiger partial charge is 0.507 e. The third-order valence-electron chi connectivity index (χ3n) is 5.35. The van der Waals surface area contributed by atoms with Crippen molar-refractivity contribution in [2.75, 3.05) is 7.11 Å². The monoisotopic (exact) mass is 442 g/mol. The van der Waals surface area contributed by atoms with Crippen LogP contribution in [0.3, 0.4) is 0 Å². The Labute approximate surface area is 186 Å². The first-order valence-electron chi connectivity index (χ1n) is 9.86. The van der Waals surface area contributed by atoms with Crippen LogP contribution in [0, 0.1) is 0 Å². The van der Waals surface area contributed by atoms with Gasteiger partial charge in [0, 0.05) is 22.6 Å². The molecule has 0 unspecified atom stereocenters. The highest BCUT2D eigenvalue weighted by Crippen LogP contribution is 2.34. The van der Waals surface area contributed by atoms with Gasteiger partial charge in [0.05, 0.1) is 18.2 Å². The number of benzene rings is 3. The minimum absolute atomic E-state index is 0.208. The minimum Gasteiger partial charge on any atom is -0.507 e. The van der Waals surface area contributed by atoms with Crippen LogP contribution in [-0.4, -0.2) is 21.8 Å². The van der Waals surface area contributed by atoms with Crippen LogP contribution < -0.4 is 16.0 Å². The topological polar surface area (TPSA) is 84.3 Å². The number of fused-ring (bicyclic) bond motifs is 1. The van der Waals surface area contributed by atoms with E-state index in [1.165, 1.54) is 18.4 Å². The number of nitrogens with one attached hydrogen (secondary N) is 1. The van der Waals surface area contributed by atoms with Crippen LogP contribution >= 0.6 is 11.3 Å². The minimum atomic E-state index is -0.501. The van der Waals surface area contributed by atoms with Crippen LogP contribution in [0.2, 0.25) is 0 Å². The quantitative estimate of drug-likeness (QED) is 0.419. The highest BCUT2D eigenvalue weighted by atomic mass is 32.1. The lowest BCUT2D eigenvalue weighted by Crippen LogP contribution is -2.33. The number of para-hydroxylation sites is 1. The van der Waals surface area contributed by atoms with Crippen molar-refractivity contribution in [2.45, 2.75) is 0 Å². The van der Waals surface area contributed by atoms with Gasteiger partial charge in [-0.25, -0.2) is 9.36 Å². The number of thiophene rings is 1. The fourth-order valence-corrected chi connectivity index (χ4v) is 4.71. The molecule has 0 bridgehead atoms. The van der Waals surface area contributed by atoms with Crippen molar-refractivity contribution < 1.29 is 9.84 Å². The molecule has 158 valence electrons.